The summed E-state index contributed by atoms with van der Waals surface area (Å²) in [5, 5.41) is 0. The van der Waals surface area contributed by atoms with Crippen molar-refractivity contribution in [3.05, 3.63) is 71.3 Å². The smallest absolute Gasteiger partial charge is 0.339 e. The van der Waals surface area contributed by atoms with E-state index in [-0.39, 0.29) is 12.4 Å². The number of carbonyl (C=O) groups excluding carboxylic acids is 2. The van der Waals surface area contributed by atoms with E-state index in [4.69, 9.17) is 4.74 Å². The number of esters is 1. The highest BCUT2D eigenvalue weighted by molar-refractivity contribution is 6.10. The second-order valence-corrected chi connectivity index (χ2v) is 6.86. The van der Waals surface area contributed by atoms with Crippen LogP contribution in [-0.4, -0.2) is 11.8 Å². The summed E-state index contributed by atoms with van der Waals surface area (Å²) in [6.45, 7) is 2.40. The number of ether oxygens (including phenoxy) is 1. The Labute approximate surface area is 162 Å². The van der Waals surface area contributed by atoms with Crippen LogP contribution in [0.15, 0.2) is 65.8 Å². The molecule has 0 saturated heterocycles. The van der Waals surface area contributed by atoms with Crippen LogP contribution in [0, 0.1) is 0 Å². The van der Waals surface area contributed by atoms with Gasteiger partial charge in [-0.2, -0.15) is 0 Å². The third kappa shape index (κ3) is 7.38. The zero-order valence-electron chi connectivity index (χ0n) is 16.3. The van der Waals surface area contributed by atoms with E-state index in [2.05, 4.69) is 6.92 Å². The second-order valence-electron chi connectivity index (χ2n) is 6.86. The van der Waals surface area contributed by atoms with Gasteiger partial charge < -0.3 is 4.74 Å². The number of rotatable bonds is 11. The number of ketones is 1. The van der Waals surface area contributed by atoms with Crippen molar-refractivity contribution in [3.63, 3.8) is 0 Å². The molecule has 0 unspecified atom stereocenters. The fourth-order valence-corrected chi connectivity index (χ4v) is 3.07. The predicted molar refractivity (Wildman–Crippen MR) is 109 cm³/mol. The molecule has 0 spiro atoms. The quantitative estimate of drug-likeness (QED) is 0.364. The van der Waals surface area contributed by atoms with Crippen LogP contribution in [0.25, 0.3) is 0 Å². The summed E-state index contributed by atoms with van der Waals surface area (Å²) in [4.78, 5) is 25.3. The Balaban J connectivity index is 1.90. The molecule has 27 heavy (non-hydrogen) atoms. The van der Waals surface area contributed by atoms with E-state index in [0.29, 0.717) is 24.0 Å². The van der Waals surface area contributed by atoms with Gasteiger partial charge in [0.05, 0.1) is 5.57 Å². The van der Waals surface area contributed by atoms with Crippen LogP contribution in [-0.2, 0) is 20.9 Å². The third-order valence-electron chi connectivity index (χ3n) is 4.64. The summed E-state index contributed by atoms with van der Waals surface area (Å²) >= 11 is 0. The molecule has 0 saturated carbocycles. The van der Waals surface area contributed by atoms with E-state index in [1.807, 2.05) is 48.6 Å². The molecular formula is C24H30O3. The molecular weight excluding hydrogens is 336 g/mol. The van der Waals surface area contributed by atoms with Gasteiger partial charge in [0.1, 0.15) is 6.61 Å². The number of hydrogen-bond donors (Lipinski definition) is 0. The Morgan fingerprint density at radius 3 is 2.48 bits per heavy atom. The lowest BCUT2D eigenvalue weighted by molar-refractivity contribution is -0.140. The molecule has 0 fully saturated rings. The Hall–Kier alpha value is -2.42. The zero-order valence-corrected chi connectivity index (χ0v) is 16.3. The van der Waals surface area contributed by atoms with Gasteiger partial charge in [0.25, 0.3) is 0 Å². The van der Waals surface area contributed by atoms with Gasteiger partial charge in [0.2, 0.25) is 0 Å². The van der Waals surface area contributed by atoms with E-state index < -0.39 is 5.97 Å². The van der Waals surface area contributed by atoms with Gasteiger partial charge in [-0.3, -0.25) is 4.79 Å². The van der Waals surface area contributed by atoms with Gasteiger partial charge >= 0.3 is 5.97 Å². The monoisotopic (exact) mass is 366 g/mol. The van der Waals surface area contributed by atoms with Crippen molar-refractivity contribution in [2.24, 2.45) is 0 Å². The molecule has 1 aliphatic carbocycles. The van der Waals surface area contributed by atoms with Crippen molar-refractivity contribution in [2.75, 3.05) is 0 Å². The van der Waals surface area contributed by atoms with Crippen LogP contribution in [0.3, 0.4) is 0 Å². The minimum atomic E-state index is -0.437. The summed E-state index contributed by atoms with van der Waals surface area (Å²) in [5.41, 5.74) is 1.81. The average molecular weight is 367 g/mol. The first-order valence-corrected chi connectivity index (χ1v) is 10.0. The Morgan fingerprint density at radius 2 is 1.70 bits per heavy atom. The van der Waals surface area contributed by atoms with Crippen LogP contribution in [0.5, 0.6) is 0 Å². The fourth-order valence-electron chi connectivity index (χ4n) is 3.07. The molecule has 0 radical (unpaired) electrons. The number of carbonyl (C=O) groups is 2. The van der Waals surface area contributed by atoms with Gasteiger partial charge in [-0.15, -0.1) is 0 Å². The first-order chi connectivity index (χ1) is 13.2. The normalized spacial score (nSPS) is 13.5. The average Bonchev–Trinajstić information content (AvgIpc) is 2.95. The van der Waals surface area contributed by atoms with Crippen molar-refractivity contribution in [1.82, 2.24) is 0 Å². The van der Waals surface area contributed by atoms with Gasteiger partial charge in [-0.25, -0.2) is 4.79 Å². The van der Waals surface area contributed by atoms with Gasteiger partial charge in [-0.05, 0) is 24.5 Å². The number of hydrogen-bond acceptors (Lipinski definition) is 3. The van der Waals surface area contributed by atoms with E-state index in [0.717, 1.165) is 18.4 Å². The van der Waals surface area contributed by atoms with Crippen molar-refractivity contribution in [2.45, 2.75) is 64.9 Å². The highest BCUT2D eigenvalue weighted by Crippen LogP contribution is 2.21. The number of benzene rings is 1. The van der Waals surface area contributed by atoms with E-state index in [9.17, 15) is 9.59 Å². The van der Waals surface area contributed by atoms with Gasteiger partial charge in [0.15, 0.2) is 5.78 Å². The molecule has 3 nitrogen and oxygen atoms in total. The first-order valence-electron chi connectivity index (χ1n) is 10.0. The fraction of sp³-hybridized carbons (Fsp3) is 0.417. The number of Topliss-reactive ketones (excluding diaryl/α,β-unsaturated/α-hetero) is 1. The maximum Gasteiger partial charge on any atom is 0.339 e. The molecule has 0 amide bonds. The lowest BCUT2D eigenvalue weighted by Crippen LogP contribution is -2.15. The van der Waals surface area contributed by atoms with Crippen molar-refractivity contribution >= 4 is 11.8 Å². The molecule has 1 aromatic carbocycles. The molecule has 0 heterocycles. The number of unbranched alkanes of at least 4 members (excludes halogenated alkanes) is 5. The van der Waals surface area contributed by atoms with E-state index >= 15 is 0 Å². The van der Waals surface area contributed by atoms with E-state index in [1.165, 1.54) is 25.7 Å². The van der Waals surface area contributed by atoms with Crippen LogP contribution >= 0.6 is 0 Å². The van der Waals surface area contributed by atoms with Crippen LogP contribution in [0.2, 0.25) is 0 Å². The molecule has 1 aliphatic rings. The lowest BCUT2D eigenvalue weighted by Gasteiger charge is -2.11. The molecule has 1 aromatic rings. The Morgan fingerprint density at radius 1 is 0.963 bits per heavy atom. The molecule has 0 bridgehead atoms. The van der Waals surface area contributed by atoms with Crippen molar-refractivity contribution in [3.8, 4) is 0 Å². The molecule has 0 aromatic heterocycles. The Kier molecular flexibility index (Phi) is 9.33. The highest BCUT2D eigenvalue weighted by Gasteiger charge is 2.21. The molecule has 2 rings (SSSR count). The SMILES string of the molecule is CCCCCCCCC(=O)C1=CCC=CC=C1C(=O)OCc1ccccc1. The van der Waals surface area contributed by atoms with E-state index in [1.54, 1.807) is 6.08 Å². The lowest BCUT2D eigenvalue weighted by atomic mass is 9.97. The van der Waals surface area contributed by atoms with Crippen molar-refractivity contribution in [1.29, 1.82) is 0 Å². The van der Waals surface area contributed by atoms with Crippen LogP contribution in [0.4, 0.5) is 0 Å². The topological polar surface area (TPSA) is 43.4 Å². The summed E-state index contributed by atoms with van der Waals surface area (Å²) in [7, 11) is 0. The summed E-state index contributed by atoms with van der Waals surface area (Å²) < 4.78 is 5.44. The third-order valence-corrected chi connectivity index (χ3v) is 4.64. The maximum absolute atomic E-state index is 12.7. The predicted octanol–water partition coefficient (Wildman–Crippen LogP) is 5.86. The second kappa shape index (κ2) is 12.1. The largest absolute Gasteiger partial charge is 0.457 e. The van der Waals surface area contributed by atoms with Crippen molar-refractivity contribution < 1.29 is 14.3 Å². The summed E-state index contributed by atoms with van der Waals surface area (Å²) in [6.07, 6.45) is 15.3. The highest BCUT2D eigenvalue weighted by atomic mass is 16.5. The van der Waals surface area contributed by atoms with Crippen LogP contribution < -0.4 is 0 Å². The molecule has 0 N–H and O–H groups in total. The number of allylic oxidation sites excluding steroid dienone is 4. The van der Waals surface area contributed by atoms with Gasteiger partial charge in [0, 0.05) is 12.0 Å². The van der Waals surface area contributed by atoms with Crippen LogP contribution in [0.1, 0.15) is 63.9 Å². The molecule has 3 heteroatoms. The molecule has 0 aliphatic heterocycles. The summed E-state index contributed by atoms with van der Waals surface area (Å²) in [5.74, 6) is -0.398. The minimum absolute atomic E-state index is 0.0390. The molecule has 144 valence electrons. The maximum atomic E-state index is 12.7. The first kappa shape index (κ1) is 20.9. The molecule has 0 atom stereocenters. The summed E-state index contributed by atoms with van der Waals surface area (Å²) in [6, 6.07) is 9.56. The standard InChI is InChI=1S/C24H30O3/c1-2-3-4-5-6-13-18-23(25)21-16-11-8-12-17-22(21)24(26)27-19-20-14-9-7-10-15-20/h7-10,12,14-17H,2-6,11,13,18-19H2,1H3. The van der Waals surface area contributed by atoms with Gasteiger partial charge in [-0.1, -0.05) is 87.6 Å². The Bertz CT molecular complexity index is 696. The zero-order chi connectivity index (χ0) is 19.3. The minimum Gasteiger partial charge on any atom is -0.457 e.